The van der Waals surface area contributed by atoms with Crippen LogP contribution >= 0.6 is 55.1 Å². The Morgan fingerprint density at radius 1 is 0.776 bits per heavy atom. The van der Waals surface area contributed by atoms with Gasteiger partial charge in [0.15, 0.2) is 5.75 Å². The monoisotopic (exact) mass is 959 g/mol. The summed E-state index contributed by atoms with van der Waals surface area (Å²) in [4.78, 5) is 41.8. The van der Waals surface area contributed by atoms with E-state index in [-0.39, 0.29) is 39.7 Å². The number of para-hydroxylation sites is 1. The molecule has 0 unspecified atom stereocenters. The largest absolute Gasteiger partial charge is 0.486 e. The van der Waals surface area contributed by atoms with Crippen molar-refractivity contribution in [3.8, 4) is 17.1 Å². The number of hydrogen-bond donors (Lipinski definition) is 1. The van der Waals surface area contributed by atoms with Gasteiger partial charge in [0.2, 0.25) is 0 Å². The number of nitrogens with zero attached hydrogens (tertiary/aromatic N) is 6. The second-order valence-corrected chi connectivity index (χ2v) is 15.1. The third kappa shape index (κ3) is 9.41. The first kappa shape index (κ1) is 42.4. The number of anilines is 2. The smallest absolute Gasteiger partial charge is 0.289 e. The number of ether oxygens (including phenoxy) is 1. The average molecular weight is 962 g/mol. The number of nitrogens with one attached hydrogen (secondary N) is 1. The third-order valence-corrected chi connectivity index (χ3v) is 11.2. The number of benzene rings is 4. The van der Waals surface area contributed by atoms with Crippen LogP contribution in [-0.2, 0) is 6.61 Å². The summed E-state index contributed by atoms with van der Waals surface area (Å²) in [5.41, 5.74) is 2.89. The molecule has 0 spiro atoms. The first-order chi connectivity index (χ1) is 27.8. The van der Waals surface area contributed by atoms with Crippen molar-refractivity contribution in [3.05, 3.63) is 165 Å². The number of halogens is 7. The highest BCUT2D eigenvalue weighted by Crippen LogP contribution is 2.30. The fraction of sp³-hybridized carbons (Fsp3) is 0.175. The van der Waals surface area contributed by atoms with Crippen LogP contribution in [0.15, 0.2) is 110 Å². The molecule has 1 aliphatic heterocycles. The summed E-state index contributed by atoms with van der Waals surface area (Å²) in [6, 6.07) is 19.6. The van der Waals surface area contributed by atoms with E-state index in [0.717, 1.165) is 41.2 Å². The topological polar surface area (TPSA) is 115 Å². The Morgan fingerprint density at radius 2 is 1.40 bits per heavy atom. The van der Waals surface area contributed by atoms with Crippen LogP contribution in [0.2, 0.25) is 10.0 Å². The van der Waals surface area contributed by atoms with Gasteiger partial charge in [-0.3, -0.25) is 14.4 Å². The second kappa shape index (κ2) is 18.6. The van der Waals surface area contributed by atoms with Crippen molar-refractivity contribution in [2.45, 2.75) is 13.5 Å². The average Bonchev–Trinajstić information content (AvgIpc) is 3.21. The zero-order chi connectivity index (χ0) is 41.7. The molecule has 2 aromatic heterocycles. The van der Waals surface area contributed by atoms with Crippen LogP contribution in [-0.4, -0.2) is 58.7 Å². The van der Waals surface area contributed by atoms with Gasteiger partial charge in [0, 0.05) is 56.1 Å². The zero-order valence-electron chi connectivity index (χ0n) is 30.7. The molecule has 58 heavy (non-hydrogen) atoms. The molecule has 4 aromatic carbocycles. The molecule has 1 saturated heterocycles. The summed E-state index contributed by atoms with van der Waals surface area (Å²) < 4.78 is 48.2. The maximum absolute atomic E-state index is 13.7. The van der Waals surface area contributed by atoms with Crippen molar-refractivity contribution in [2.75, 3.05) is 43.0 Å². The lowest BCUT2D eigenvalue weighted by atomic mass is 10.1. The molecule has 0 aliphatic carbocycles. The van der Waals surface area contributed by atoms with Gasteiger partial charge in [0.1, 0.15) is 38.7 Å². The Morgan fingerprint density at radius 3 is 2.05 bits per heavy atom. The molecule has 1 fully saturated rings. The van der Waals surface area contributed by atoms with Crippen LogP contribution in [0.3, 0.4) is 0 Å². The molecule has 1 amide bonds. The van der Waals surface area contributed by atoms with Crippen molar-refractivity contribution < 1.29 is 22.7 Å². The highest BCUT2D eigenvalue weighted by atomic mass is 79.9. The first-order valence-corrected chi connectivity index (χ1v) is 19.8. The van der Waals surface area contributed by atoms with Gasteiger partial charge in [-0.2, -0.15) is 19.6 Å². The quantitative estimate of drug-likeness (QED) is 0.162. The molecule has 3 heterocycles. The summed E-state index contributed by atoms with van der Waals surface area (Å²) >= 11 is 19.1. The molecule has 6 aromatic rings. The minimum atomic E-state index is -0.746. The minimum Gasteiger partial charge on any atom is -0.486 e. The lowest BCUT2D eigenvalue weighted by Gasteiger charge is -2.37. The van der Waals surface area contributed by atoms with Crippen LogP contribution in [0.5, 0.6) is 5.75 Å². The van der Waals surface area contributed by atoms with E-state index in [1.807, 2.05) is 0 Å². The molecule has 0 atom stereocenters. The van der Waals surface area contributed by atoms with E-state index in [4.69, 9.17) is 27.9 Å². The number of aryl methyl sites for hydroxylation is 1. The van der Waals surface area contributed by atoms with Crippen molar-refractivity contribution in [1.82, 2.24) is 24.9 Å². The van der Waals surface area contributed by atoms with Crippen LogP contribution < -0.4 is 31.0 Å². The van der Waals surface area contributed by atoms with E-state index in [0.29, 0.717) is 50.2 Å². The normalized spacial score (nSPS) is 12.5. The van der Waals surface area contributed by atoms with Crippen LogP contribution in [0, 0.1) is 24.4 Å². The van der Waals surface area contributed by atoms with Gasteiger partial charge in [-0.25, -0.2) is 13.2 Å². The summed E-state index contributed by atoms with van der Waals surface area (Å²) in [7, 11) is 1.51. The number of piperazine rings is 1. The number of hydrogen-bond acceptors (Lipinski definition) is 8. The first-order valence-electron chi connectivity index (χ1n) is 17.4. The van der Waals surface area contributed by atoms with Crippen molar-refractivity contribution >= 4 is 72.3 Å². The van der Waals surface area contributed by atoms with Gasteiger partial charge in [-0.15, -0.1) is 0 Å². The third-order valence-electron chi connectivity index (χ3n) is 9.07. The van der Waals surface area contributed by atoms with Crippen molar-refractivity contribution in [2.24, 2.45) is 0 Å². The molecule has 11 nitrogen and oxygen atoms in total. The number of carbonyl (C=O) groups excluding carboxylic acids is 1. The summed E-state index contributed by atoms with van der Waals surface area (Å²) in [5, 5.41) is 11.6. The van der Waals surface area contributed by atoms with E-state index in [1.165, 1.54) is 36.1 Å². The molecule has 1 aliphatic rings. The van der Waals surface area contributed by atoms with Gasteiger partial charge in [-0.05, 0) is 105 Å². The Hall–Kier alpha value is -5.16. The standard InChI is InChI=1S/C20H16BrCl2FN4O.C20H16BrF2N3O3/c21-18-17(12-25-28(20(18)29)19-15(22)2-1-3-16(19)23)27-10-8-26(9-11-27)14-6-4-13(24)5-7-14;1-11-3-4-12(19(27)24-2)7-16(11)26-20(28)18(21)17(9-25-26)29-10-13-5-6-14(22)8-15(13)23/h1-7,12H,8-11H2;3-9H,10H2,1-2H3,(H,24,27). The minimum absolute atomic E-state index is 0.0831. The van der Waals surface area contributed by atoms with Gasteiger partial charge in [0.05, 0.1) is 33.8 Å². The fourth-order valence-electron chi connectivity index (χ4n) is 5.96. The van der Waals surface area contributed by atoms with E-state index in [2.05, 4.69) is 57.2 Å². The molecule has 18 heteroatoms. The number of rotatable bonds is 8. The Balaban J connectivity index is 0.000000196. The van der Waals surface area contributed by atoms with Crippen molar-refractivity contribution in [3.63, 3.8) is 0 Å². The number of aromatic nitrogens is 4. The highest BCUT2D eigenvalue weighted by Gasteiger charge is 2.23. The molecular weight excluding hydrogens is 930 g/mol. The second-order valence-electron chi connectivity index (χ2n) is 12.7. The molecule has 0 saturated carbocycles. The van der Waals surface area contributed by atoms with Gasteiger partial charge >= 0.3 is 0 Å². The molecule has 1 N–H and O–H groups in total. The van der Waals surface area contributed by atoms with E-state index < -0.39 is 17.2 Å². The summed E-state index contributed by atoms with van der Waals surface area (Å²) in [6.45, 7) is 4.48. The lowest BCUT2D eigenvalue weighted by Crippen LogP contribution is -2.47. The highest BCUT2D eigenvalue weighted by molar-refractivity contribution is 9.11. The van der Waals surface area contributed by atoms with E-state index >= 15 is 0 Å². The van der Waals surface area contributed by atoms with Gasteiger partial charge < -0.3 is 19.9 Å². The van der Waals surface area contributed by atoms with Crippen LogP contribution in [0.1, 0.15) is 21.5 Å². The van der Waals surface area contributed by atoms with Crippen LogP contribution in [0.4, 0.5) is 24.5 Å². The Bertz CT molecular complexity index is 2590. The summed E-state index contributed by atoms with van der Waals surface area (Å²) in [6.07, 6.45) is 2.94. The SMILES string of the molecule is CNC(=O)c1ccc(C)c(-n2ncc(OCc3ccc(F)cc3F)c(Br)c2=O)c1.O=c1c(Br)c(N2CCN(c3ccc(F)cc3)CC2)cnn1-c1c(Cl)cccc1Cl. The maximum atomic E-state index is 13.7. The molecular formula is C40H32Br2Cl2F3N7O4. The fourth-order valence-corrected chi connectivity index (χ4v) is 7.42. The lowest BCUT2D eigenvalue weighted by molar-refractivity contribution is 0.0963. The molecule has 0 bridgehead atoms. The Kier molecular flexibility index (Phi) is 13.6. The Labute approximate surface area is 356 Å². The number of carbonyl (C=O) groups is 1. The van der Waals surface area contributed by atoms with Gasteiger partial charge in [-0.1, -0.05) is 35.3 Å². The van der Waals surface area contributed by atoms with Crippen molar-refractivity contribution in [1.29, 1.82) is 0 Å². The van der Waals surface area contributed by atoms with E-state index in [1.54, 1.807) is 61.7 Å². The zero-order valence-corrected chi connectivity index (χ0v) is 35.3. The molecule has 7 rings (SSSR count). The number of amides is 1. The molecule has 0 radical (unpaired) electrons. The summed E-state index contributed by atoms with van der Waals surface area (Å²) in [5.74, 6) is -1.87. The van der Waals surface area contributed by atoms with Gasteiger partial charge in [0.25, 0.3) is 17.0 Å². The predicted molar refractivity (Wildman–Crippen MR) is 225 cm³/mol. The van der Waals surface area contributed by atoms with Crippen LogP contribution in [0.25, 0.3) is 11.4 Å². The predicted octanol–water partition coefficient (Wildman–Crippen LogP) is 8.29. The van der Waals surface area contributed by atoms with E-state index in [9.17, 15) is 27.6 Å². The maximum Gasteiger partial charge on any atom is 0.289 e. The molecule has 300 valence electrons.